The van der Waals surface area contributed by atoms with Crippen LogP contribution in [0, 0.1) is 0 Å². The number of hydrogen-bond donors (Lipinski definition) is 0. The first-order valence-electron chi connectivity index (χ1n) is 7.18. The topological polar surface area (TPSA) is 0 Å². The van der Waals surface area contributed by atoms with Gasteiger partial charge in [-0.1, -0.05) is 49.6 Å². The zero-order valence-corrected chi connectivity index (χ0v) is 13.5. The van der Waals surface area contributed by atoms with Gasteiger partial charge in [0.1, 0.15) is 0 Å². The molecular formula is C20H12S2. The number of rotatable bonds is 0. The zero-order chi connectivity index (χ0) is 14.8. The second-order valence-electron chi connectivity index (χ2n) is 5.56. The first kappa shape index (κ1) is 12.4. The van der Waals surface area contributed by atoms with Crippen molar-refractivity contribution < 1.29 is 0 Å². The molecule has 5 aromatic rings. The maximum atomic E-state index is 4.45. The van der Waals surface area contributed by atoms with Crippen LogP contribution in [0.4, 0.5) is 0 Å². The zero-order valence-electron chi connectivity index (χ0n) is 11.8. The summed E-state index contributed by atoms with van der Waals surface area (Å²) in [4.78, 5) is 0. The largest absolute Gasteiger partial charge is 0.135 e. The maximum Gasteiger partial charge on any atom is 0.0442 e. The van der Waals surface area contributed by atoms with Crippen molar-refractivity contribution in [1.82, 2.24) is 0 Å². The van der Waals surface area contributed by atoms with Gasteiger partial charge in [-0.3, -0.25) is 0 Å². The van der Waals surface area contributed by atoms with E-state index in [1.54, 1.807) is 0 Å². The summed E-state index contributed by atoms with van der Waals surface area (Å²) in [6.45, 7) is 8.85. The molecule has 0 saturated carbocycles. The van der Waals surface area contributed by atoms with E-state index in [0.717, 1.165) is 10.4 Å². The Bertz CT molecular complexity index is 1200. The fraction of sp³-hybridized carbons (Fsp3) is 0. The third-order valence-electron chi connectivity index (χ3n) is 4.34. The Morgan fingerprint density at radius 1 is 0.591 bits per heavy atom. The fourth-order valence-corrected chi connectivity index (χ4v) is 5.82. The van der Waals surface area contributed by atoms with Gasteiger partial charge in [0.15, 0.2) is 0 Å². The lowest BCUT2D eigenvalue weighted by Crippen LogP contribution is -2.08. The van der Waals surface area contributed by atoms with E-state index in [0.29, 0.717) is 0 Å². The second-order valence-corrected chi connectivity index (χ2v) is 7.67. The highest BCUT2D eigenvalue weighted by molar-refractivity contribution is 7.28. The van der Waals surface area contributed by atoms with Crippen molar-refractivity contribution in [3.63, 3.8) is 0 Å². The van der Waals surface area contributed by atoms with E-state index in [1.807, 2.05) is 22.7 Å². The van der Waals surface area contributed by atoms with Crippen molar-refractivity contribution in [2.45, 2.75) is 0 Å². The predicted molar refractivity (Wildman–Crippen MR) is 103 cm³/mol. The average molecular weight is 316 g/mol. The quantitative estimate of drug-likeness (QED) is 0.366. The van der Waals surface area contributed by atoms with Crippen LogP contribution in [0.2, 0.25) is 0 Å². The molecule has 5 rings (SSSR count). The Morgan fingerprint density at radius 2 is 1.05 bits per heavy atom. The normalized spacial score (nSPS) is 12.0. The first-order chi connectivity index (χ1) is 10.8. The van der Waals surface area contributed by atoms with Crippen LogP contribution in [-0.4, -0.2) is 0 Å². The lowest BCUT2D eigenvalue weighted by molar-refractivity contribution is 1.84. The predicted octanol–water partition coefficient (Wildman–Crippen LogP) is 5.24. The molecule has 0 aliphatic heterocycles. The van der Waals surface area contributed by atoms with Gasteiger partial charge in [-0.05, 0) is 17.4 Å². The molecule has 0 unspecified atom stereocenters. The Labute approximate surface area is 135 Å². The summed E-state index contributed by atoms with van der Waals surface area (Å²) < 4.78 is 5.19. The minimum absolute atomic E-state index is 1.15. The summed E-state index contributed by atoms with van der Waals surface area (Å²) in [5.41, 5.74) is 0. The maximum absolute atomic E-state index is 4.45. The third kappa shape index (κ3) is 1.41. The average Bonchev–Trinajstić information content (AvgIpc) is 3.12. The third-order valence-corrected chi connectivity index (χ3v) is 6.80. The monoisotopic (exact) mass is 316 g/mol. The molecular weight excluding hydrogens is 304 g/mol. The summed E-state index contributed by atoms with van der Waals surface area (Å²) in [5.74, 6) is 0. The summed E-state index contributed by atoms with van der Waals surface area (Å²) in [7, 11) is 0. The van der Waals surface area contributed by atoms with Crippen LogP contribution in [0.15, 0.2) is 48.5 Å². The fourth-order valence-electron chi connectivity index (χ4n) is 3.34. The van der Waals surface area contributed by atoms with Gasteiger partial charge in [0, 0.05) is 45.6 Å². The van der Waals surface area contributed by atoms with E-state index in [1.165, 1.54) is 40.3 Å². The Balaban J connectivity index is 2.22. The number of fused-ring (bicyclic) bond motifs is 6. The van der Waals surface area contributed by atoms with Crippen molar-refractivity contribution >= 4 is 76.2 Å². The second kappa shape index (κ2) is 4.19. The van der Waals surface area contributed by atoms with Crippen molar-refractivity contribution in [3.8, 4) is 0 Å². The minimum Gasteiger partial charge on any atom is -0.135 e. The van der Waals surface area contributed by atoms with E-state index >= 15 is 0 Å². The lowest BCUT2D eigenvalue weighted by atomic mass is 10.0. The van der Waals surface area contributed by atoms with E-state index in [4.69, 9.17) is 0 Å². The van der Waals surface area contributed by atoms with Crippen LogP contribution in [-0.2, 0) is 0 Å². The van der Waals surface area contributed by atoms with Gasteiger partial charge >= 0.3 is 0 Å². The number of benzene rings is 3. The Hall–Kier alpha value is -2.16. The summed E-state index contributed by atoms with van der Waals surface area (Å²) in [5, 5.41) is 7.46. The Kier molecular flexibility index (Phi) is 2.36. The van der Waals surface area contributed by atoms with Gasteiger partial charge in [0.05, 0.1) is 0 Å². The van der Waals surface area contributed by atoms with Crippen LogP contribution < -0.4 is 10.4 Å². The van der Waals surface area contributed by atoms with Crippen molar-refractivity contribution in [1.29, 1.82) is 0 Å². The van der Waals surface area contributed by atoms with Crippen LogP contribution in [0.1, 0.15) is 0 Å². The highest BCUT2D eigenvalue weighted by Crippen LogP contribution is 2.35. The summed E-state index contributed by atoms with van der Waals surface area (Å²) in [6, 6.07) is 17.2. The van der Waals surface area contributed by atoms with Gasteiger partial charge < -0.3 is 0 Å². The van der Waals surface area contributed by atoms with Crippen LogP contribution in [0.25, 0.3) is 53.5 Å². The first-order valence-corrected chi connectivity index (χ1v) is 8.81. The molecule has 2 heterocycles. The van der Waals surface area contributed by atoms with E-state index < -0.39 is 0 Å². The molecule has 0 atom stereocenters. The highest BCUT2D eigenvalue weighted by atomic mass is 32.1. The molecule has 0 nitrogen and oxygen atoms in total. The molecule has 3 aromatic carbocycles. The molecule has 0 spiro atoms. The van der Waals surface area contributed by atoms with E-state index in [2.05, 4.69) is 61.7 Å². The van der Waals surface area contributed by atoms with Crippen molar-refractivity contribution in [3.05, 3.63) is 59.0 Å². The lowest BCUT2D eigenvalue weighted by Gasteiger charge is -1.98. The standard InChI is InChI=1S/C20H12S2/c1-11-17-13-7-3-5-9-15(13)21-19(17)12(2)20-18(11)14-8-4-6-10-16(14)22-20/h3-10H,1-2H2. The number of thiophene rings is 2. The Morgan fingerprint density at radius 3 is 1.55 bits per heavy atom. The van der Waals surface area contributed by atoms with Crippen molar-refractivity contribution in [2.24, 2.45) is 0 Å². The molecule has 0 aliphatic carbocycles. The smallest absolute Gasteiger partial charge is 0.0442 e. The molecule has 0 aliphatic rings. The van der Waals surface area contributed by atoms with Crippen LogP contribution >= 0.6 is 22.7 Å². The summed E-state index contributed by atoms with van der Waals surface area (Å²) >= 11 is 3.66. The molecule has 0 amide bonds. The van der Waals surface area contributed by atoms with Crippen LogP contribution in [0.5, 0.6) is 0 Å². The highest BCUT2D eigenvalue weighted by Gasteiger charge is 2.13. The molecule has 0 N–H and O–H groups in total. The molecule has 0 radical (unpaired) electrons. The molecule has 0 fully saturated rings. The minimum atomic E-state index is 1.15. The van der Waals surface area contributed by atoms with Gasteiger partial charge in [-0.2, -0.15) is 0 Å². The summed E-state index contributed by atoms with van der Waals surface area (Å²) in [6.07, 6.45) is 0. The molecule has 2 aromatic heterocycles. The number of hydrogen-bond acceptors (Lipinski definition) is 2. The van der Waals surface area contributed by atoms with Gasteiger partial charge in [-0.15, -0.1) is 22.7 Å². The van der Waals surface area contributed by atoms with Gasteiger partial charge in [0.2, 0.25) is 0 Å². The van der Waals surface area contributed by atoms with Gasteiger partial charge in [-0.25, -0.2) is 0 Å². The van der Waals surface area contributed by atoms with E-state index in [-0.39, 0.29) is 0 Å². The SMILES string of the molecule is C=c1c2sc3ccccc3c2c(=C)c2c1sc1ccccc12. The molecule has 104 valence electrons. The van der Waals surface area contributed by atoms with Crippen molar-refractivity contribution in [2.75, 3.05) is 0 Å². The molecule has 0 bridgehead atoms. The molecule has 0 saturated heterocycles. The van der Waals surface area contributed by atoms with Gasteiger partial charge in [0.25, 0.3) is 0 Å². The van der Waals surface area contributed by atoms with Crippen LogP contribution in [0.3, 0.4) is 0 Å². The molecule has 22 heavy (non-hydrogen) atoms. The molecule has 2 heteroatoms. The van der Waals surface area contributed by atoms with E-state index in [9.17, 15) is 0 Å².